The van der Waals surface area contributed by atoms with E-state index >= 15 is 0 Å². The molecular formula is C66H148. The zero-order valence-corrected chi connectivity index (χ0v) is 54.0. The van der Waals surface area contributed by atoms with E-state index in [1.54, 1.807) is 0 Å². The molecule has 0 spiro atoms. The van der Waals surface area contributed by atoms with Crippen molar-refractivity contribution >= 4 is 0 Å². The highest BCUT2D eigenvalue weighted by atomic mass is 14.4. The van der Waals surface area contributed by atoms with Crippen molar-refractivity contribution in [2.45, 2.75) is 362 Å². The summed E-state index contributed by atoms with van der Waals surface area (Å²) in [4.78, 5) is 0. The summed E-state index contributed by atoms with van der Waals surface area (Å²) >= 11 is 0. The molecule has 0 aliphatic heterocycles. The summed E-state index contributed by atoms with van der Waals surface area (Å²) in [5, 5.41) is 0. The minimum atomic E-state index is 0.542. The molecule has 3 aliphatic rings. The van der Waals surface area contributed by atoms with Crippen molar-refractivity contribution in [1.82, 2.24) is 0 Å². The van der Waals surface area contributed by atoms with Crippen molar-refractivity contribution in [2.24, 2.45) is 69.5 Å². The maximum Gasteiger partial charge on any atom is -0.0328 e. The highest BCUT2D eigenvalue weighted by Crippen LogP contribution is 2.47. The quantitative estimate of drug-likeness (QED) is 0.135. The lowest BCUT2D eigenvalue weighted by Crippen LogP contribution is -2.00. The molecular weight excluding hydrogens is 793 g/mol. The predicted octanol–water partition coefficient (Wildman–Crippen LogP) is 26.0. The van der Waals surface area contributed by atoms with Gasteiger partial charge in [0.2, 0.25) is 0 Å². The van der Waals surface area contributed by atoms with E-state index in [9.17, 15) is 0 Å². The second kappa shape index (κ2) is 57.6. The molecule has 0 nitrogen and oxygen atoms in total. The number of rotatable bonds is 16. The second-order valence-corrected chi connectivity index (χ2v) is 25.7. The molecule has 0 aromatic rings. The average molecular weight is 942 g/mol. The van der Waals surface area contributed by atoms with Crippen LogP contribution in [-0.4, -0.2) is 0 Å². The molecule has 0 atom stereocenters. The van der Waals surface area contributed by atoms with Crippen LogP contribution in [-0.2, 0) is 0 Å². The predicted molar refractivity (Wildman–Crippen MR) is 321 cm³/mol. The Morgan fingerprint density at radius 3 is 0.742 bits per heavy atom. The van der Waals surface area contributed by atoms with Gasteiger partial charge >= 0.3 is 0 Å². The summed E-state index contributed by atoms with van der Waals surface area (Å²) < 4.78 is 0. The normalized spacial score (nSPS) is 14.1. The third-order valence-electron chi connectivity index (χ3n) is 13.8. The minimum Gasteiger partial charge on any atom is -0.0654 e. The van der Waals surface area contributed by atoms with E-state index in [0.29, 0.717) is 10.8 Å². The zero-order chi connectivity index (χ0) is 54.0. The zero-order valence-electron chi connectivity index (χ0n) is 54.0. The first-order chi connectivity index (χ1) is 30.3. The molecule has 0 aromatic heterocycles. The fourth-order valence-electron chi connectivity index (χ4n) is 4.38. The summed E-state index contributed by atoms with van der Waals surface area (Å²) in [5.41, 5.74) is 1.88. The molecule has 0 amide bonds. The van der Waals surface area contributed by atoms with Crippen LogP contribution >= 0.6 is 0 Å². The van der Waals surface area contributed by atoms with Crippen LogP contribution in [0.2, 0.25) is 0 Å². The van der Waals surface area contributed by atoms with Gasteiger partial charge in [-0.15, -0.1) is 0 Å². The summed E-state index contributed by atoms with van der Waals surface area (Å²) in [6.45, 7) is 69.7. The molecule has 0 aromatic carbocycles. The summed E-state index contributed by atoms with van der Waals surface area (Å²) in [5.74, 6) is 8.58. The van der Waals surface area contributed by atoms with E-state index in [1.807, 2.05) is 0 Å². The van der Waals surface area contributed by atoms with Crippen molar-refractivity contribution in [2.75, 3.05) is 0 Å². The first-order valence-corrected chi connectivity index (χ1v) is 30.3. The Bertz CT molecular complexity index is 712. The van der Waals surface area contributed by atoms with Gasteiger partial charge in [-0.3, -0.25) is 0 Å². The third-order valence-corrected chi connectivity index (χ3v) is 13.8. The van der Waals surface area contributed by atoms with E-state index in [0.717, 1.165) is 58.7 Å². The van der Waals surface area contributed by atoms with Crippen LogP contribution in [0.4, 0.5) is 0 Å². The number of unbranched alkanes of at least 4 members (excludes halogenated alkanes) is 3. The van der Waals surface area contributed by atoms with E-state index < -0.39 is 0 Å². The second-order valence-electron chi connectivity index (χ2n) is 25.7. The first kappa shape index (κ1) is 82.9. The van der Waals surface area contributed by atoms with Gasteiger partial charge in [-0.05, 0) is 95.2 Å². The molecule has 0 radical (unpaired) electrons. The van der Waals surface area contributed by atoms with Gasteiger partial charge in [0, 0.05) is 0 Å². The molecule has 3 saturated carbocycles. The van der Waals surface area contributed by atoms with Crippen LogP contribution < -0.4 is 0 Å². The Morgan fingerprint density at radius 1 is 0.424 bits per heavy atom. The fourth-order valence-corrected chi connectivity index (χ4v) is 4.38. The standard InChI is InChI=1S/3C6H12.8C6H14/c1-5(2)6-3-4-6;1-3-6(2)4-5-6;1-2-3-6-4-5-6;2*1-5-6(2,3)4;1-5(2)6(3)4;2*1-4-5-6(2)3;2*1-4-6(3)5-2;1-3-5-6-4-2/h5-6H,3-4H2,1-2H3;3-5H2,1-2H3;6H,2-5H2,1H3;2*5H2,1-4H3;5-6H,1-4H3;4*6H,4-5H2,1-3H3;3-6H2,1-2H3. The molecule has 0 unspecified atom stereocenters. The van der Waals surface area contributed by atoms with E-state index in [1.165, 1.54) is 148 Å². The maximum atomic E-state index is 2.35. The molecule has 0 N–H and O–H groups in total. The van der Waals surface area contributed by atoms with Crippen molar-refractivity contribution in [1.29, 1.82) is 0 Å². The molecule has 0 heterocycles. The van der Waals surface area contributed by atoms with Crippen LogP contribution in [0, 0.1) is 69.5 Å². The Balaban J connectivity index is -0.0000000934. The highest BCUT2D eigenvalue weighted by Gasteiger charge is 2.34. The third kappa shape index (κ3) is 110. The van der Waals surface area contributed by atoms with Gasteiger partial charge in [0.05, 0.1) is 0 Å². The molecule has 3 aliphatic carbocycles. The molecule has 3 rings (SSSR count). The van der Waals surface area contributed by atoms with Crippen molar-refractivity contribution in [3.63, 3.8) is 0 Å². The molecule has 0 saturated heterocycles. The van der Waals surface area contributed by atoms with Gasteiger partial charge in [0.25, 0.3) is 0 Å². The number of hydrogen-bond donors (Lipinski definition) is 0. The molecule has 0 heteroatoms. The Labute approximate surface area is 430 Å². The monoisotopic (exact) mass is 941 g/mol. The lowest BCUT2D eigenvalue weighted by molar-refractivity contribution is 0.397. The maximum absolute atomic E-state index is 2.35. The van der Waals surface area contributed by atoms with Gasteiger partial charge in [-0.25, -0.2) is 0 Å². The van der Waals surface area contributed by atoms with Gasteiger partial charge < -0.3 is 0 Å². The highest BCUT2D eigenvalue weighted by molar-refractivity contribution is 4.86. The first-order valence-electron chi connectivity index (χ1n) is 30.3. The van der Waals surface area contributed by atoms with E-state index in [4.69, 9.17) is 0 Å². The Morgan fingerprint density at radius 2 is 0.712 bits per heavy atom. The van der Waals surface area contributed by atoms with Gasteiger partial charge in [-0.1, -0.05) is 337 Å². The Kier molecular flexibility index (Phi) is 72.3. The van der Waals surface area contributed by atoms with Crippen molar-refractivity contribution in [3.8, 4) is 0 Å². The lowest BCUT2D eigenvalue weighted by atomic mass is 9.94. The van der Waals surface area contributed by atoms with E-state index in [2.05, 4.69) is 215 Å². The smallest absolute Gasteiger partial charge is 0.0328 e. The van der Waals surface area contributed by atoms with Crippen LogP contribution in [0.1, 0.15) is 362 Å². The molecule has 3 fully saturated rings. The molecule has 66 heavy (non-hydrogen) atoms. The fraction of sp³-hybridized carbons (Fsp3) is 1.00. The van der Waals surface area contributed by atoms with Crippen molar-refractivity contribution < 1.29 is 0 Å². The summed E-state index contributed by atoms with van der Waals surface area (Å²) in [7, 11) is 0. The van der Waals surface area contributed by atoms with E-state index in [-0.39, 0.29) is 0 Å². The van der Waals surface area contributed by atoms with Gasteiger partial charge in [-0.2, -0.15) is 0 Å². The lowest BCUT2D eigenvalue weighted by Gasteiger charge is -2.12. The molecule has 0 bridgehead atoms. The largest absolute Gasteiger partial charge is 0.0654 e. The van der Waals surface area contributed by atoms with Gasteiger partial charge in [0.15, 0.2) is 0 Å². The average Bonchev–Trinajstić information content (AvgIpc) is 4.11. The number of hydrogen-bond acceptors (Lipinski definition) is 0. The van der Waals surface area contributed by atoms with Gasteiger partial charge in [0.1, 0.15) is 0 Å². The topological polar surface area (TPSA) is 0 Å². The van der Waals surface area contributed by atoms with Crippen LogP contribution in [0.3, 0.4) is 0 Å². The molecule has 412 valence electrons. The summed E-state index contributed by atoms with van der Waals surface area (Å²) in [6, 6.07) is 0. The Hall–Kier alpha value is 0. The van der Waals surface area contributed by atoms with Crippen LogP contribution in [0.15, 0.2) is 0 Å². The van der Waals surface area contributed by atoms with Crippen molar-refractivity contribution in [3.05, 3.63) is 0 Å². The SMILES string of the molecule is CC(C)C(C)C.CC(C)C1CC1.CCC(C)(C)C.CCC(C)(C)C.CCC(C)CC.CCC(C)CC.CCC1(C)CC1.CCCC(C)C.CCCC(C)C.CCCC1CC1.CCCCCC. The van der Waals surface area contributed by atoms with Crippen LogP contribution in [0.25, 0.3) is 0 Å². The minimum absolute atomic E-state index is 0.542. The summed E-state index contributed by atoms with van der Waals surface area (Å²) in [6.07, 6.45) is 32.1. The van der Waals surface area contributed by atoms with Crippen LogP contribution in [0.5, 0.6) is 0 Å².